The minimum atomic E-state index is -0.0797. The molecule has 1 amide bonds. The average molecular weight is 480 g/mol. The molecule has 7 N–H and O–H groups in total. The summed E-state index contributed by atoms with van der Waals surface area (Å²) in [6.07, 6.45) is 1.93. The van der Waals surface area contributed by atoms with Crippen LogP contribution in [0.15, 0.2) is 89.3 Å². The zero-order valence-corrected chi connectivity index (χ0v) is 19.9. The molecule has 0 aliphatic heterocycles. The molecule has 0 unspecified atom stereocenters. The first-order valence-corrected chi connectivity index (χ1v) is 11.7. The van der Waals surface area contributed by atoms with Gasteiger partial charge >= 0.3 is 0 Å². The van der Waals surface area contributed by atoms with Gasteiger partial charge in [-0.1, -0.05) is 78.9 Å². The summed E-state index contributed by atoms with van der Waals surface area (Å²) < 4.78 is 6.22. The number of aryl methyl sites for hydroxylation is 1. The molecule has 182 valence electrons. The Hall–Kier alpha value is -4.65. The van der Waals surface area contributed by atoms with Gasteiger partial charge in [-0.2, -0.15) is 0 Å². The second-order valence-corrected chi connectivity index (χ2v) is 8.56. The molecular weight excluding hydrogens is 450 g/mol. The Bertz CT molecular complexity index is 1360. The SMILES string of the molecule is N=C(N)c1ccc(-c2cc(CC(=O)NCCCc3ccccc3)c(-c3ccc(C(=N)N)cc3)o2)cc1. The fourth-order valence-electron chi connectivity index (χ4n) is 3.96. The van der Waals surface area contributed by atoms with E-state index in [4.69, 9.17) is 26.7 Å². The van der Waals surface area contributed by atoms with Crippen LogP contribution in [-0.2, 0) is 17.6 Å². The van der Waals surface area contributed by atoms with E-state index in [2.05, 4.69) is 17.4 Å². The normalized spacial score (nSPS) is 10.7. The molecule has 4 rings (SSSR count). The van der Waals surface area contributed by atoms with Crippen LogP contribution < -0.4 is 16.8 Å². The van der Waals surface area contributed by atoms with E-state index >= 15 is 0 Å². The third-order valence-electron chi connectivity index (χ3n) is 5.91. The van der Waals surface area contributed by atoms with Gasteiger partial charge in [0.1, 0.15) is 23.2 Å². The third-order valence-corrected chi connectivity index (χ3v) is 5.91. The highest BCUT2D eigenvalue weighted by Gasteiger charge is 2.17. The van der Waals surface area contributed by atoms with Gasteiger partial charge in [-0.15, -0.1) is 0 Å². The molecule has 0 aliphatic carbocycles. The van der Waals surface area contributed by atoms with E-state index in [1.165, 1.54) is 5.56 Å². The van der Waals surface area contributed by atoms with Gasteiger partial charge in [0.2, 0.25) is 5.91 Å². The molecule has 0 spiro atoms. The van der Waals surface area contributed by atoms with Crippen molar-refractivity contribution in [2.24, 2.45) is 11.5 Å². The monoisotopic (exact) mass is 479 g/mol. The summed E-state index contributed by atoms with van der Waals surface area (Å²) in [7, 11) is 0. The van der Waals surface area contributed by atoms with Gasteiger partial charge < -0.3 is 21.2 Å². The molecule has 3 aromatic carbocycles. The highest BCUT2D eigenvalue weighted by atomic mass is 16.3. The van der Waals surface area contributed by atoms with Gasteiger partial charge in [-0.25, -0.2) is 0 Å². The maximum atomic E-state index is 12.8. The van der Waals surface area contributed by atoms with Gasteiger partial charge in [0.25, 0.3) is 0 Å². The molecule has 0 fully saturated rings. The summed E-state index contributed by atoms with van der Waals surface area (Å²) in [5.74, 6) is 1.11. The zero-order chi connectivity index (χ0) is 25.5. The molecule has 0 saturated heterocycles. The molecular formula is C29H29N5O2. The maximum Gasteiger partial charge on any atom is 0.224 e. The first-order chi connectivity index (χ1) is 17.4. The number of carbonyl (C=O) groups excluding carboxylic acids is 1. The van der Waals surface area contributed by atoms with Gasteiger partial charge in [0.15, 0.2) is 0 Å². The zero-order valence-electron chi connectivity index (χ0n) is 19.9. The van der Waals surface area contributed by atoms with Crippen LogP contribution in [0.1, 0.15) is 28.7 Å². The summed E-state index contributed by atoms with van der Waals surface area (Å²) in [4.78, 5) is 12.8. The lowest BCUT2D eigenvalue weighted by molar-refractivity contribution is -0.120. The van der Waals surface area contributed by atoms with Crippen molar-refractivity contribution >= 4 is 17.6 Å². The summed E-state index contributed by atoms with van der Waals surface area (Å²) in [6.45, 7) is 0.591. The Labute approximate surface area is 210 Å². The minimum absolute atomic E-state index is 0.00290. The van der Waals surface area contributed by atoms with Crippen molar-refractivity contribution in [3.05, 3.63) is 107 Å². The van der Waals surface area contributed by atoms with E-state index in [1.54, 1.807) is 24.3 Å². The fraction of sp³-hybridized carbons (Fsp3) is 0.138. The predicted octanol–water partition coefficient (Wildman–Crippen LogP) is 4.47. The van der Waals surface area contributed by atoms with Gasteiger partial charge in [-0.05, 0) is 24.5 Å². The quantitative estimate of drug-likeness (QED) is 0.130. The first kappa shape index (κ1) is 24.5. The lowest BCUT2D eigenvalue weighted by Gasteiger charge is -2.07. The van der Waals surface area contributed by atoms with Crippen LogP contribution in [0.3, 0.4) is 0 Å². The summed E-state index contributed by atoms with van der Waals surface area (Å²) in [6, 6.07) is 26.5. The molecule has 0 aliphatic rings. The van der Waals surface area contributed by atoms with Crippen LogP contribution in [0.25, 0.3) is 22.6 Å². The molecule has 1 heterocycles. The highest BCUT2D eigenvalue weighted by Crippen LogP contribution is 2.33. The molecule has 4 aromatic rings. The Balaban J connectivity index is 1.52. The van der Waals surface area contributed by atoms with Crippen molar-refractivity contribution in [3.63, 3.8) is 0 Å². The number of nitrogen functional groups attached to an aromatic ring is 2. The summed E-state index contributed by atoms with van der Waals surface area (Å²) in [5, 5.41) is 18.2. The first-order valence-electron chi connectivity index (χ1n) is 11.7. The van der Waals surface area contributed by atoms with Gasteiger partial charge in [-0.3, -0.25) is 15.6 Å². The number of benzene rings is 3. The van der Waals surface area contributed by atoms with Crippen LogP contribution in [0.5, 0.6) is 0 Å². The second kappa shape index (κ2) is 11.2. The van der Waals surface area contributed by atoms with Gasteiger partial charge in [0.05, 0.1) is 6.42 Å². The Morgan fingerprint density at radius 3 is 1.97 bits per heavy atom. The largest absolute Gasteiger partial charge is 0.456 e. The Morgan fingerprint density at radius 2 is 1.39 bits per heavy atom. The van der Waals surface area contributed by atoms with Crippen molar-refractivity contribution < 1.29 is 9.21 Å². The van der Waals surface area contributed by atoms with Crippen LogP contribution in [0.2, 0.25) is 0 Å². The van der Waals surface area contributed by atoms with Crippen molar-refractivity contribution in [1.82, 2.24) is 5.32 Å². The number of carbonyl (C=O) groups is 1. The predicted molar refractivity (Wildman–Crippen MR) is 143 cm³/mol. The van der Waals surface area contributed by atoms with Crippen molar-refractivity contribution in [2.45, 2.75) is 19.3 Å². The number of amides is 1. The summed E-state index contributed by atoms with van der Waals surface area (Å²) in [5.41, 5.74) is 16.0. The molecule has 1 aromatic heterocycles. The number of nitrogens with two attached hydrogens (primary N) is 2. The van der Waals surface area contributed by atoms with Crippen molar-refractivity contribution in [1.29, 1.82) is 10.8 Å². The van der Waals surface area contributed by atoms with Crippen molar-refractivity contribution in [3.8, 4) is 22.6 Å². The van der Waals surface area contributed by atoms with Crippen LogP contribution in [0, 0.1) is 10.8 Å². The third kappa shape index (κ3) is 6.07. The molecule has 0 saturated carbocycles. The highest BCUT2D eigenvalue weighted by molar-refractivity contribution is 5.96. The van der Waals surface area contributed by atoms with Crippen molar-refractivity contribution in [2.75, 3.05) is 6.54 Å². The topological polar surface area (TPSA) is 142 Å². The Morgan fingerprint density at radius 1 is 0.806 bits per heavy atom. The number of furan rings is 1. The number of amidine groups is 2. The van der Waals surface area contributed by atoms with E-state index in [9.17, 15) is 4.79 Å². The number of nitrogens with one attached hydrogen (secondary N) is 3. The average Bonchev–Trinajstić information content (AvgIpc) is 3.31. The lowest BCUT2D eigenvalue weighted by Crippen LogP contribution is -2.26. The second-order valence-electron chi connectivity index (χ2n) is 8.56. The number of hydrogen-bond acceptors (Lipinski definition) is 4. The summed E-state index contributed by atoms with van der Waals surface area (Å²) >= 11 is 0. The molecule has 36 heavy (non-hydrogen) atoms. The number of hydrogen-bond donors (Lipinski definition) is 5. The number of rotatable bonds is 10. The molecule has 0 bridgehead atoms. The van der Waals surface area contributed by atoms with E-state index in [0.29, 0.717) is 29.2 Å². The van der Waals surface area contributed by atoms with E-state index in [1.807, 2.05) is 48.5 Å². The standard InChI is InChI=1S/C29H29N5O2/c30-28(31)22-12-8-20(9-13-22)25-17-24(27(36-25)21-10-14-23(15-11-21)29(32)33)18-26(35)34-16-4-7-19-5-2-1-3-6-19/h1-3,5-6,8-15,17H,4,7,16,18H2,(H3,30,31)(H3,32,33)(H,34,35). The van der Waals surface area contributed by atoms with E-state index in [0.717, 1.165) is 29.5 Å². The molecule has 0 atom stereocenters. The lowest BCUT2D eigenvalue weighted by atomic mass is 10.0. The van der Waals surface area contributed by atoms with E-state index in [-0.39, 0.29) is 24.0 Å². The minimum Gasteiger partial charge on any atom is -0.456 e. The molecule has 7 nitrogen and oxygen atoms in total. The maximum absolute atomic E-state index is 12.8. The Kier molecular flexibility index (Phi) is 7.60. The molecule has 7 heteroatoms. The van der Waals surface area contributed by atoms with Crippen LogP contribution in [-0.4, -0.2) is 24.1 Å². The smallest absolute Gasteiger partial charge is 0.224 e. The van der Waals surface area contributed by atoms with E-state index < -0.39 is 0 Å². The van der Waals surface area contributed by atoms with Crippen LogP contribution >= 0.6 is 0 Å². The molecule has 0 radical (unpaired) electrons. The van der Waals surface area contributed by atoms with Gasteiger partial charge in [0, 0.05) is 34.4 Å². The fourth-order valence-corrected chi connectivity index (χ4v) is 3.96. The van der Waals surface area contributed by atoms with Crippen LogP contribution in [0.4, 0.5) is 0 Å².